The van der Waals surface area contributed by atoms with Crippen molar-refractivity contribution in [3.05, 3.63) is 0 Å². The average molecular weight is 284 g/mol. The first-order chi connectivity index (χ1) is 9.73. The van der Waals surface area contributed by atoms with Crippen LogP contribution in [0.15, 0.2) is 0 Å². The van der Waals surface area contributed by atoms with E-state index in [1.807, 2.05) is 0 Å². The summed E-state index contributed by atoms with van der Waals surface area (Å²) in [5.74, 6) is 0.0181. The second-order valence-electron chi connectivity index (χ2n) is 6.53. The van der Waals surface area contributed by atoms with Gasteiger partial charge in [-0.2, -0.15) is 0 Å². The quantitative estimate of drug-likeness (QED) is 0.726. The Balaban J connectivity index is 1.42. The summed E-state index contributed by atoms with van der Waals surface area (Å²) in [6.07, 6.45) is 9.47. The minimum absolute atomic E-state index is 0.234. The molecule has 0 N–H and O–H groups in total. The smallest absolute Gasteiger partial charge is 0.171 e. The molecular formula is C16H28O4. The molecule has 1 unspecified atom stereocenters. The van der Waals surface area contributed by atoms with E-state index in [0.717, 1.165) is 45.7 Å². The molecule has 0 amide bonds. The van der Waals surface area contributed by atoms with Crippen LogP contribution in [0.25, 0.3) is 0 Å². The van der Waals surface area contributed by atoms with E-state index in [-0.39, 0.29) is 11.6 Å². The van der Waals surface area contributed by atoms with Crippen molar-refractivity contribution in [3.8, 4) is 0 Å². The summed E-state index contributed by atoms with van der Waals surface area (Å²) in [4.78, 5) is 0. The molecule has 0 bridgehead atoms. The fraction of sp³-hybridized carbons (Fsp3) is 1.00. The Bertz CT molecular complexity index is 306. The van der Waals surface area contributed by atoms with Gasteiger partial charge in [0.15, 0.2) is 11.6 Å². The van der Waals surface area contributed by atoms with Gasteiger partial charge < -0.3 is 18.9 Å². The first-order valence-electron chi connectivity index (χ1n) is 8.28. The molecule has 2 saturated heterocycles. The van der Waals surface area contributed by atoms with Crippen molar-refractivity contribution >= 4 is 0 Å². The predicted octanol–water partition coefficient (Wildman–Crippen LogP) is 3.24. The Labute approximate surface area is 122 Å². The van der Waals surface area contributed by atoms with Crippen molar-refractivity contribution in [2.24, 2.45) is 5.92 Å². The maximum absolute atomic E-state index is 5.97. The molecule has 1 spiro atoms. The summed E-state index contributed by atoms with van der Waals surface area (Å²) in [6, 6.07) is 0. The highest BCUT2D eigenvalue weighted by Gasteiger charge is 2.45. The van der Waals surface area contributed by atoms with Gasteiger partial charge in [0.05, 0.1) is 26.4 Å². The number of hydrogen-bond donors (Lipinski definition) is 0. The highest BCUT2D eigenvalue weighted by molar-refractivity contribution is 4.86. The number of ether oxygens (including phenoxy) is 4. The highest BCUT2D eigenvalue weighted by Crippen LogP contribution is 2.43. The lowest BCUT2D eigenvalue weighted by molar-refractivity contribution is -0.214. The zero-order chi connectivity index (χ0) is 13.9. The molecule has 116 valence electrons. The van der Waals surface area contributed by atoms with E-state index in [1.54, 1.807) is 0 Å². The Morgan fingerprint density at radius 1 is 0.900 bits per heavy atom. The third kappa shape index (κ3) is 3.19. The van der Waals surface area contributed by atoms with Crippen LogP contribution < -0.4 is 0 Å². The first kappa shape index (κ1) is 14.8. The summed E-state index contributed by atoms with van der Waals surface area (Å²) in [7, 11) is 0. The van der Waals surface area contributed by atoms with E-state index in [4.69, 9.17) is 18.9 Å². The van der Waals surface area contributed by atoms with Gasteiger partial charge in [-0.3, -0.25) is 0 Å². The summed E-state index contributed by atoms with van der Waals surface area (Å²) >= 11 is 0. The van der Waals surface area contributed by atoms with Crippen LogP contribution in [0.3, 0.4) is 0 Å². The van der Waals surface area contributed by atoms with E-state index in [0.29, 0.717) is 5.92 Å². The number of rotatable bonds is 5. The molecule has 0 aromatic rings. The molecule has 4 heteroatoms. The third-order valence-electron chi connectivity index (χ3n) is 5.06. The molecule has 2 heterocycles. The molecule has 20 heavy (non-hydrogen) atoms. The van der Waals surface area contributed by atoms with Crippen LogP contribution in [0.4, 0.5) is 0 Å². The van der Waals surface area contributed by atoms with Gasteiger partial charge in [-0.15, -0.1) is 0 Å². The zero-order valence-corrected chi connectivity index (χ0v) is 12.7. The number of hydrogen-bond acceptors (Lipinski definition) is 4. The third-order valence-corrected chi connectivity index (χ3v) is 5.06. The molecule has 3 fully saturated rings. The molecule has 0 aromatic carbocycles. The first-order valence-corrected chi connectivity index (χ1v) is 8.28. The Kier molecular flexibility index (Phi) is 4.65. The van der Waals surface area contributed by atoms with Gasteiger partial charge in [0.25, 0.3) is 0 Å². The second-order valence-corrected chi connectivity index (χ2v) is 6.53. The maximum Gasteiger partial charge on any atom is 0.171 e. The molecule has 1 atom stereocenters. The van der Waals surface area contributed by atoms with Gasteiger partial charge in [0.2, 0.25) is 0 Å². The lowest BCUT2D eigenvalue weighted by Gasteiger charge is -2.39. The van der Waals surface area contributed by atoms with Gasteiger partial charge >= 0.3 is 0 Å². The van der Waals surface area contributed by atoms with Crippen LogP contribution in [-0.4, -0.2) is 38.0 Å². The van der Waals surface area contributed by atoms with Crippen LogP contribution in [0.2, 0.25) is 0 Å². The van der Waals surface area contributed by atoms with Gasteiger partial charge in [-0.25, -0.2) is 0 Å². The SMILES string of the molecule is CC1(CCCCC2CCCCC23OCCO3)OCCO1. The van der Waals surface area contributed by atoms with E-state index in [2.05, 4.69) is 6.92 Å². The molecule has 3 rings (SSSR count). The molecule has 4 nitrogen and oxygen atoms in total. The largest absolute Gasteiger partial charge is 0.348 e. The van der Waals surface area contributed by atoms with E-state index in [1.165, 1.54) is 32.1 Å². The molecule has 0 radical (unpaired) electrons. The molecule has 1 saturated carbocycles. The van der Waals surface area contributed by atoms with Crippen molar-refractivity contribution in [2.45, 2.75) is 69.9 Å². The van der Waals surface area contributed by atoms with Crippen LogP contribution >= 0.6 is 0 Å². The van der Waals surface area contributed by atoms with Gasteiger partial charge in [-0.1, -0.05) is 12.8 Å². The van der Waals surface area contributed by atoms with Crippen molar-refractivity contribution in [1.29, 1.82) is 0 Å². The Hall–Kier alpha value is -0.160. The summed E-state index contributed by atoms with van der Waals surface area (Å²) in [5, 5.41) is 0. The standard InChI is InChI=1S/C16H28O4/c1-15(17-10-11-18-15)8-4-2-6-14-7-3-5-9-16(14)19-12-13-20-16/h14H,2-13H2,1H3. The fourth-order valence-electron chi connectivity index (χ4n) is 3.94. The van der Waals surface area contributed by atoms with Crippen molar-refractivity contribution in [1.82, 2.24) is 0 Å². The lowest BCUT2D eigenvalue weighted by atomic mass is 9.80. The van der Waals surface area contributed by atoms with Crippen LogP contribution in [0.1, 0.15) is 58.3 Å². The van der Waals surface area contributed by atoms with Gasteiger partial charge in [-0.05, 0) is 32.6 Å². The molecule has 1 aliphatic carbocycles. The van der Waals surface area contributed by atoms with Crippen molar-refractivity contribution in [2.75, 3.05) is 26.4 Å². The van der Waals surface area contributed by atoms with Crippen molar-refractivity contribution < 1.29 is 18.9 Å². The monoisotopic (exact) mass is 284 g/mol. The van der Waals surface area contributed by atoms with Gasteiger partial charge in [0, 0.05) is 18.8 Å². The normalized spacial score (nSPS) is 31.9. The molecular weight excluding hydrogens is 256 g/mol. The van der Waals surface area contributed by atoms with E-state index >= 15 is 0 Å². The average Bonchev–Trinajstić information content (AvgIpc) is 3.08. The maximum atomic E-state index is 5.97. The van der Waals surface area contributed by atoms with E-state index < -0.39 is 0 Å². The topological polar surface area (TPSA) is 36.9 Å². The highest BCUT2D eigenvalue weighted by atomic mass is 16.7. The molecule has 0 aromatic heterocycles. The minimum atomic E-state index is -0.329. The summed E-state index contributed by atoms with van der Waals surface area (Å²) in [6.45, 7) is 5.09. The predicted molar refractivity (Wildman–Crippen MR) is 75.4 cm³/mol. The Morgan fingerprint density at radius 3 is 2.35 bits per heavy atom. The summed E-state index contributed by atoms with van der Waals surface area (Å²) in [5.41, 5.74) is 0. The molecule has 2 aliphatic heterocycles. The minimum Gasteiger partial charge on any atom is -0.348 e. The fourth-order valence-corrected chi connectivity index (χ4v) is 3.94. The number of unbranched alkanes of at least 4 members (excludes halogenated alkanes) is 1. The van der Waals surface area contributed by atoms with Crippen LogP contribution in [0.5, 0.6) is 0 Å². The second kappa shape index (κ2) is 6.30. The van der Waals surface area contributed by atoms with Crippen LogP contribution in [0, 0.1) is 5.92 Å². The Morgan fingerprint density at radius 2 is 1.60 bits per heavy atom. The van der Waals surface area contributed by atoms with E-state index in [9.17, 15) is 0 Å². The summed E-state index contributed by atoms with van der Waals surface area (Å²) < 4.78 is 23.3. The van der Waals surface area contributed by atoms with Crippen molar-refractivity contribution in [3.63, 3.8) is 0 Å². The lowest BCUT2D eigenvalue weighted by Crippen LogP contribution is -2.41. The van der Waals surface area contributed by atoms with Gasteiger partial charge in [0.1, 0.15) is 0 Å². The zero-order valence-electron chi connectivity index (χ0n) is 12.7. The van der Waals surface area contributed by atoms with Crippen LogP contribution in [-0.2, 0) is 18.9 Å². The molecule has 3 aliphatic rings.